The molecule has 0 amide bonds. The third kappa shape index (κ3) is 4.14. The summed E-state index contributed by atoms with van der Waals surface area (Å²) in [7, 11) is 0. The quantitative estimate of drug-likeness (QED) is 0.393. The predicted octanol–water partition coefficient (Wildman–Crippen LogP) is 5.71. The normalized spacial score (nSPS) is 11.7. The van der Waals surface area contributed by atoms with E-state index >= 15 is 0 Å². The molecule has 0 aliphatic heterocycles. The molecular formula is C23H16F4N2O2. The lowest BCUT2D eigenvalue weighted by atomic mass is 10.00. The minimum absolute atomic E-state index is 0.267. The Morgan fingerprint density at radius 3 is 2.03 bits per heavy atom. The number of aromatic nitrogens is 2. The van der Waals surface area contributed by atoms with Gasteiger partial charge in [-0.25, -0.2) is 4.39 Å². The van der Waals surface area contributed by atoms with E-state index in [0.717, 1.165) is 27.9 Å². The average molecular weight is 428 g/mol. The molecule has 4 rings (SSSR count). The monoisotopic (exact) mass is 428 g/mol. The molecule has 0 aliphatic carbocycles. The number of alkyl halides is 3. The van der Waals surface area contributed by atoms with Gasteiger partial charge in [0.1, 0.15) is 11.6 Å². The number of hydrogen-bond donors (Lipinski definition) is 0. The molecule has 31 heavy (non-hydrogen) atoms. The van der Waals surface area contributed by atoms with E-state index in [1.54, 1.807) is 18.2 Å². The smallest absolute Gasteiger partial charge is 0.406 e. The second kappa shape index (κ2) is 7.54. The van der Waals surface area contributed by atoms with Crippen LogP contribution in [0.25, 0.3) is 27.7 Å². The van der Waals surface area contributed by atoms with Crippen molar-refractivity contribution in [2.24, 2.45) is 0 Å². The molecule has 8 heteroatoms. The predicted molar refractivity (Wildman–Crippen MR) is 109 cm³/mol. The highest BCUT2D eigenvalue weighted by molar-refractivity contribution is 5.95. The van der Waals surface area contributed by atoms with E-state index in [1.165, 1.54) is 24.3 Å². The van der Waals surface area contributed by atoms with Crippen LogP contribution in [0.3, 0.4) is 0 Å². The van der Waals surface area contributed by atoms with E-state index < -0.39 is 23.5 Å². The van der Waals surface area contributed by atoms with Crippen LogP contribution in [0, 0.1) is 19.7 Å². The van der Waals surface area contributed by atoms with Crippen LogP contribution < -0.4 is 10.3 Å². The fraction of sp³-hybridized carbons (Fsp3) is 0.130. The van der Waals surface area contributed by atoms with Gasteiger partial charge in [0.15, 0.2) is 0 Å². The third-order valence-electron chi connectivity index (χ3n) is 4.94. The van der Waals surface area contributed by atoms with Crippen molar-refractivity contribution in [1.29, 1.82) is 0 Å². The number of ether oxygens (including phenoxy) is 1. The van der Waals surface area contributed by atoms with Gasteiger partial charge < -0.3 is 4.74 Å². The summed E-state index contributed by atoms with van der Waals surface area (Å²) < 4.78 is 55.7. The molecule has 0 spiro atoms. The lowest BCUT2D eigenvalue weighted by Gasteiger charge is -2.14. The Kier molecular flexibility index (Phi) is 5.00. The second-order valence-electron chi connectivity index (χ2n) is 7.10. The fourth-order valence-corrected chi connectivity index (χ4v) is 3.29. The largest absolute Gasteiger partial charge is 0.573 e. The summed E-state index contributed by atoms with van der Waals surface area (Å²) in [4.78, 5) is 13.2. The van der Waals surface area contributed by atoms with Gasteiger partial charge in [0.2, 0.25) is 0 Å². The molecule has 0 saturated heterocycles. The number of halogens is 4. The molecule has 0 radical (unpaired) electrons. The first kappa shape index (κ1) is 20.6. The summed E-state index contributed by atoms with van der Waals surface area (Å²) in [5.74, 6) is -0.816. The lowest BCUT2D eigenvalue weighted by molar-refractivity contribution is -0.274. The van der Waals surface area contributed by atoms with Crippen molar-refractivity contribution in [3.8, 4) is 22.7 Å². The number of nitrogens with zero attached hydrogens (tertiary/aromatic N) is 2. The summed E-state index contributed by atoms with van der Waals surface area (Å²) in [6.45, 7) is 3.79. The molecule has 4 aromatic rings. The van der Waals surface area contributed by atoms with E-state index in [1.807, 2.05) is 19.9 Å². The van der Waals surface area contributed by atoms with Crippen LogP contribution in [0.2, 0.25) is 0 Å². The Morgan fingerprint density at radius 2 is 1.45 bits per heavy atom. The van der Waals surface area contributed by atoms with Gasteiger partial charge in [-0.2, -0.15) is 9.78 Å². The van der Waals surface area contributed by atoms with Crippen molar-refractivity contribution in [3.63, 3.8) is 0 Å². The average Bonchev–Trinajstić information content (AvgIpc) is 2.70. The van der Waals surface area contributed by atoms with E-state index in [4.69, 9.17) is 0 Å². The van der Waals surface area contributed by atoms with Gasteiger partial charge in [-0.05, 0) is 85.6 Å². The van der Waals surface area contributed by atoms with Crippen LogP contribution in [0.4, 0.5) is 17.6 Å². The lowest BCUT2D eigenvalue weighted by Crippen LogP contribution is -2.22. The molecule has 0 atom stereocenters. The van der Waals surface area contributed by atoms with Crippen LogP contribution >= 0.6 is 0 Å². The van der Waals surface area contributed by atoms with Crippen molar-refractivity contribution >= 4 is 10.8 Å². The Hall–Kier alpha value is -3.68. The third-order valence-corrected chi connectivity index (χ3v) is 4.94. The maximum absolute atomic E-state index is 13.4. The first-order chi connectivity index (χ1) is 14.6. The topological polar surface area (TPSA) is 44.1 Å². The van der Waals surface area contributed by atoms with Crippen molar-refractivity contribution < 1.29 is 22.3 Å². The molecule has 0 bridgehead atoms. The molecule has 0 saturated carbocycles. The maximum atomic E-state index is 13.4. The van der Waals surface area contributed by atoms with Crippen molar-refractivity contribution in [2.45, 2.75) is 20.2 Å². The van der Waals surface area contributed by atoms with Crippen molar-refractivity contribution in [1.82, 2.24) is 9.78 Å². The minimum atomic E-state index is -4.81. The van der Waals surface area contributed by atoms with Gasteiger partial charge in [-0.15, -0.1) is 13.2 Å². The van der Waals surface area contributed by atoms with Gasteiger partial charge in [-0.1, -0.05) is 0 Å². The van der Waals surface area contributed by atoms with E-state index in [0.29, 0.717) is 22.0 Å². The second-order valence-corrected chi connectivity index (χ2v) is 7.10. The van der Waals surface area contributed by atoms with Crippen LogP contribution in [-0.2, 0) is 0 Å². The maximum Gasteiger partial charge on any atom is 0.573 e. The number of aryl methyl sites for hydroxylation is 2. The first-order valence-corrected chi connectivity index (χ1v) is 9.29. The molecule has 1 aromatic heterocycles. The number of benzene rings is 3. The van der Waals surface area contributed by atoms with E-state index in [2.05, 4.69) is 9.84 Å². The Balaban J connectivity index is 1.94. The SMILES string of the molecule is Cc1cc2c(-c3ccc(F)cc3)nn(-c3ccc(OC(F)(F)F)cc3)c(=O)c2cc1C. The van der Waals surface area contributed by atoms with Gasteiger partial charge in [0.25, 0.3) is 5.56 Å². The summed E-state index contributed by atoms with van der Waals surface area (Å²) in [6.07, 6.45) is -4.81. The zero-order valence-electron chi connectivity index (χ0n) is 16.5. The Morgan fingerprint density at radius 1 is 0.871 bits per heavy atom. The summed E-state index contributed by atoms with van der Waals surface area (Å²) in [5, 5.41) is 5.47. The van der Waals surface area contributed by atoms with Crippen LogP contribution in [0.1, 0.15) is 11.1 Å². The number of rotatable bonds is 3. The minimum Gasteiger partial charge on any atom is -0.406 e. The first-order valence-electron chi connectivity index (χ1n) is 9.29. The highest BCUT2D eigenvalue weighted by atomic mass is 19.4. The van der Waals surface area contributed by atoms with Gasteiger partial charge >= 0.3 is 6.36 Å². The highest BCUT2D eigenvalue weighted by Crippen LogP contribution is 2.28. The number of fused-ring (bicyclic) bond motifs is 1. The number of hydrogen-bond acceptors (Lipinski definition) is 3. The summed E-state index contributed by atoms with van der Waals surface area (Å²) >= 11 is 0. The molecular weight excluding hydrogens is 412 g/mol. The summed E-state index contributed by atoms with van der Waals surface area (Å²) in [5.41, 5.74) is 2.76. The molecule has 4 nitrogen and oxygen atoms in total. The molecule has 3 aromatic carbocycles. The molecule has 0 N–H and O–H groups in total. The molecule has 0 aliphatic rings. The molecule has 0 unspecified atom stereocenters. The van der Waals surface area contributed by atoms with Crippen molar-refractivity contribution in [2.75, 3.05) is 0 Å². The van der Waals surface area contributed by atoms with E-state index in [9.17, 15) is 22.4 Å². The van der Waals surface area contributed by atoms with Crippen molar-refractivity contribution in [3.05, 3.63) is 88.0 Å². The Labute approximate surface area is 174 Å². The van der Waals surface area contributed by atoms with Crippen LogP contribution in [-0.4, -0.2) is 16.1 Å². The van der Waals surface area contributed by atoms with Gasteiger partial charge in [0.05, 0.1) is 16.8 Å². The standard InChI is InChI=1S/C23H16F4N2O2/c1-13-11-19-20(12-14(13)2)22(30)29(28-21(19)15-3-5-16(24)6-4-15)17-7-9-18(10-8-17)31-23(25,26)27/h3-12H,1-2H3. The fourth-order valence-electron chi connectivity index (χ4n) is 3.29. The van der Waals surface area contributed by atoms with Crippen LogP contribution in [0.5, 0.6) is 5.75 Å². The highest BCUT2D eigenvalue weighted by Gasteiger charge is 2.31. The molecule has 158 valence electrons. The van der Waals surface area contributed by atoms with Crippen LogP contribution in [0.15, 0.2) is 65.5 Å². The van der Waals surface area contributed by atoms with Gasteiger partial charge in [-0.3, -0.25) is 4.79 Å². The zero-order valence-corrected chi connectivity index (χ0v) is 16.5. The van der Waals surface area contributed by atoms with E-state index in [-0.39, 0.29) is 5.69 Å². The Bertz CT molecular complexity index is 1330. The molecule has 1 heterocycles. The summed E-state index contributed by atoms with van der Waals surface area (Å²) in [6, 6.07) is 14.2. The zero-order chi connectivity index (χ0) is 22.3. The molecule has 0 fully saturated rings. The van der Waals surface area contributed by atoms with Gasteiger partial charge in [0, 0.05) is 10.9 Å².